The average molecular weight is 281 g/mol. The SMILES string of the molecule is CCC1(CNCc2ccc(CC(=O)O)s2)CCCC1. The molecular formula is C15H23NO2S. The number of hydrogen-bond donors (Lipinski definition) is 2. The molecule has 2 rings (SSSR count). The monoisotopic (exact) mass is 281 g/mol. The lowest BCUT2D eigenvalue weighted by atomic mass is 9.83. The van der Waals surface area contributed by atoms with Gasteiger partial charge in [0, 0.05) is 22.8 Å². The van der Waals surface area contributed by atoms with Gasteiger partial charge in [0.05, 0.1) is 6.42 Å². The van der Waals surface area contributed by atoms with E-state index >= 15 is 0 Å². The summed E-state index contributed by atoms with van der Waals surface area (Å²) in [5.41, 5.74) is 0.515. The van der Waals surface area contributed by atoms with Crippen LogP contribution in [-0.2, 0) is 17.8 Å². The van der Waals surface area contributed by atoms with Crippen molar-refractivity contribution in [2.45, 2.75) is 52.0 Å². The zero-order valence-electron chi connectivity index (χ0n) is 11.6. The Morgan fingerprint density at radius 2 is 2.05 bits per heavy atom. The van der Waals surface area contributed by atoms with Crippen molar-refractivity contribution in [2.24, 2.45) is 5.41 Å². The second kappa shape index (κ2) is 6.53. The van der Waals surface area contributed by atoms with Gasteiger partial charge in [-0.1, -0.05) is 19.8 Å². The third kappa shape index (κ3) is 4.05. The van der Waals surface area contributed by atoms with Crippen LogP contribution in [0.2, 0.25) is 0 Å². The number of hydrogen-bond acceptors (Lipinski definition) is 3. The van der Waals surface area contributed by atoms with E-state index in [2.05, 4.69) is 12.2 Å². The largest absolute Gasteiger partial charge is 0.481 e. The van der Waals surface area contributed by atoms with E-state index in [1.807, 2.05) is 12.1 Å². The van der Waals surface area contributed by atoms with Crippen LogP contribution in [0.3, 0.4) is 0 Å². The molecule has 0 spiro atoms. The lowest BCUT2D eigenvalue weighted by molar-refractivity contribution is -0.136. The van der Waals surface area contributed by atoms with Crippen LogP contribution in [0.5, 0.6) is 0 Å². The second-order valence-electron chi connectivity index (χ2n) is 5.60. The molecule has 1 aromatic rings. The van der Waals surface area contributed by atoms with E-state index in [0.717, 1.165) is 18.0 Å². The maximum atomic E-state index is 10.6. The van der Waals surface area contributed by atoms with Gasteiger partial charge in [-0.15, -0.1) is 11.3 Å². The topological polar surface area (TPSA) is 49.3 Å². The van der Waals surface area contributed by atoms with E-state index in [4.69, 9.17) is 5.11 Å². The molecule has 0 unspecified atom stereocenters. The fourth-order valence-electron chi connectivity index (χ4n) is 2.99. The van der Waals surface area contributed by atoms with Crippen molar-refractivity contribution in [1.82, 2.24) is 5.32 Å². The summed E-state index contributed by atoms with van der Waals surface area (Å²) in [4.78, 5) is 12.8. The van der Waals surface area contributed by atoms with Gasteiger partial charge in [-0.05, 0) is 36.8 Å². The van der Waals surface area contributed by atoms with Gasteiger partial charge in [-0.2, -0.15) is 0 Å². The molecule has 1 aliphatic rings. The molecule has 1 saturated carbocycles. The Kier molecular flexibility index (Phi) is 4.99. The van der Waals surface area contributed by atoms with Crippen molar-refractivity contribution in [3.05, 3.63) is 21.9 Å². The van der Waals surface area contributed by atoms with Crippen LogP contribution in [0.25, 0.3) is 0 Å². The van der Waals surface area contributed by atoms with Crippen LogP contribution in [-0.4, -0.2) is 17.6 Å². The molecule has 0 atom stereocenters. The molecule has 0 bridgehead atoms. The predicted octanol–water partition coefficient (Wildman–Crippen LogP) is 3.44. The van der Waals surface area contributed by atoms with Gasteiger partial charge in [-0.3, -0.25) is 4.79 Å². The molecule has 1 aliphatic carbocycles. The summed E-state index contributed by atoms with van der Waals surface area (Å²) in [7, 11) is 0. The van der Waals surface area contributed by atoms with E-state index < -0.39 is 5.97 Å². The molecule has 0 aliphatic heterocycles. The van der Waals surface area contributed by atoms with Gasteiger partial charge in [0.25, 0.3) is 0 Å². The van der Waals surface area contributed by atoms with Gasteiger partial charge in [-0.25, -0.2) is 0 Å². The van der Waals surface area contributed by atoms with E-state index in [1.165, 1.54) is 37.0 Å². The molecule has 0 radical (unpaired) electrons. The Labute approximate surface area is 119 Å². The first-order chi connectivity index (χ1) is 9.13. The molecule has 4 heteroatoms. The highest BCUT2D eigenvalue weighted by atomic mass is 32.1. The summed E-state index contributed by atoms with van der Waals surface area (Å²) < 4.78 is 0. The normalized spacial score (nSPS) is 17.7. The molecule has 3 nitrogen and oxygen atoms in total. The highest BCUT2D eigenvalue weighted by molar-refractivity contribution is 7.12. The first-order valence-electron chi connectivity index (χ1n) is 7.14. The Morgan fingerprint density at radius 1 is 1.37 bits per heavy atom. The van der Waals surface area contributed by atoms with E-state index in [-0.39, 0.29) is 6.42 Å². The molecule has 1 fully saturated rings. The van der Waals surface area contributed by atoms with E-state index in [1.54, 1.807) is 11.3 Å². The van der Waals surface area contributed by atoms with E-state index in [0.29, 0.717) is 5.41 Å². The molecular weight excluding hydrogens is 258 g/mol. The maximum Gasteiger partial charge on any atom is 0.308 e. The van der Waals surface area contributed by atoms with Gasteiger partial charge >= 0.3 is 5.97 Å². The number of carbonyl (C=O) groups is 1. The van der Waals surface area contributed by atoms with Crippen LogP contribution in [0.1, 0.15) is 48.8 Å². The van der Waals surface area contributed by atoms with Crippen molar-refractivity contribution < 1.29 is 9.90 Å². The van der Waals surface area contributed by atoms with Crippen LogP contribution in [0, 0.1) is 5.41 Å². The molecule has 19 heavy (non-hydrogen) atoms. The summed E-state index contributed by atoms with van der Waals surface area (Å²) >= 11 is 1.61. The lowest BCUT2D eigenvalue weighted by Gasteiger charge is -2.27. The highest BCUT2D eigenvalue weighted by Gasteiger charge is 2.31. The fraction of sp³-hybridized carbons (Fsp3) is 0.667. The minimum atomic E-state index is -0.753. The Balaban J connectivity index is 1.79. The van der Waals surface area contributed by atoms with Crippen LogP contribution in [0.4, 0.5) is 0 Å². The smallest absolute Gasteiger partial charge is 0.308 e. The summed E-state index contributed by atoms with van der Waals surface area (Å²) in [6, 6.07) is 3.98. The number of carboxylic acid groups (broad SMARTS) is 1. The molecule has 1 heterocycles. The second-order valence-corrected chi connectivity index (χ2v) is 6.86. The molecule has 0 amide bonds. The van der Waals surface area contributed by atoms with Crippen molar-refractivity contribution in [3.8, 4) is 0 Å². The Morgan fingerprint density at radius 3 is 2.68 bits per heavy atom. The summed E-state index contributed by atoms with van der Waals surface area (Å²) in [6.45, 7) is 4.25. The summed E-state index contributed by atoms with van der Waals surface area (Å²) in [5, 5.41) is 12.3. The lowest BCUT2D eigenvalue weighted by Crippen LogP contribution is -2.31. The van der Waals surface area contributed by atoms with E-state index in [9.17, 15) is 4.79 Å². The number of aliphatic carboxylic acids is 1. The van der Waals surface area contributed by atoms with Crippen molar-refractivity contribution in [2.75, 3.05) is 6.54 Å². The first kappa shape index (κ1) is 14.5. The number of rotatable bonds is 7. The molecule has 2 N–H and O–H groups in total. The van der Waals surface area contributed by atoms with Gasteiger partial charge in [0.2, 0.25) is 0 Å². The molecule has 1 aromatic heterocycles. The van der Waals surface area contributed by atoms with Gasteiger partial charge < -0.3 is 10.4 Å². The minimum absolute atomic E-state index is 0.142. The predicted molar refractivity (Wildman–Crippen MR) is 78.6 cm³/mol. The zero-order valence-corrected chi connectivity index (χ0v) is 12.4. The highest BCUT2D eigenvalue weighted by Crippen LogP contribution is 2.40. The standard InChI is InChI=1S/C15H23NO2S/c1-2-15(7-3-4-8-15)11-16-10-13-6-5-12(19-13)9-14(17)18/h5-6,16H,2-4,7-11H2,1H3,(H,17,18). The average Bonchev–Trinajstić information content (AvgIpc) is 2.99. The summed E-state index contributed by atoms with van der Waals surface area (Å²) in [6.07, 6.45) is 6.85. The number of nitrogens with one attached hydrogen (secondary N) is 1. The molecule has 0 aromatic carbocycles. The zero-order chi connectivity index (χ0) is 13.7. The van der Waals surface area contributed by atoms with Crippen molar-refractivity contribution in [3.63, 3.8) is 0 Å². The van der Waals surface area contributed by atoms with Crippen LogP contribution >= 0.6 is 11.3 Å². The summed E-state index contributed by atoms with van der Waals surface area (Å²) in [5.74, 6) is -0.753. The number of thiophene rings is 1. The third-order valence-electron chi connectivity index (χ3n) is 4.26. The van der Waals surface area contributed by atoms with Crippen molar-refractivity contribution in [1.29, 1.82) is 0 Å². The van der Waals surface area contributed by atoms with Gasteiger partial charge in [0.15, 0.2) is 0 Å². The molecule has 106 valence electrons. The van der Waals surface area contributed by atoms with Gasteiger partial charge in [0.1, 0.15) is 0 Å². The quantitative estimate of drug-likeness (QED) is 0.805. The maximum absolute atomic E-state index is 10.6. The first-order valence-corrected chi connectivity index (χ1v) is 7.95. The van der Waals surface area contributed by atoms with Crippen LogP contribution < -0.4 is 5.32 Å². The van der Waals surface area contributed by atoms with Crippen molar-refractivity contribution >= 4 is 17.3 Å². The fourth-order valence-corrected chi connectivity index (χ4v) is 3.97. The molecule has 0 saturated heterocycles. The Hall–Kier alpha value is -0.870. The minimum Gasteiger partial charge on any atom is -0.481 e. The van der Waals surface area contributed by atoms with Crippen LogP contribution in [0.15, 0.2) is 12.1 Å². The number of carboxylic acids is 1. The Bertz CT molecular complexity index is 422. The third-order valence-corrected chi connectivity index (χ3v) is 5.34.